The van der Waals surface area contributed by atoms with Gasteiger partial charge in [0.25, 0.3) is 0 Å². The lowest BCUT2D eigenvalue weighted by atomic mass is 9.71. The number of aryl methyl sites for hydroxylation is 1. The number of hydrogen-bond donors (Lipinski definition) is 0. The van der Waals surface area contributed by atoms with E-state index in [1.165, 1.54) is 18.5 Å². The second-order valence-corrected chi connectivity index (χ2v) is 7.60. The molecule has 3 aromatic heterocycles. The topological polar surface area (TPSA) is 60.1 Å². The van der Waals surface area contributed by atoms with Gasteiger partial charge in [-0.05, 0) is 44.7 Å². The predicted molar refractivity (Wildman–Crippen MR) is 94.2 cm³/mol. The standard InChI is InChI=1S/C19H17ClN4O/c1-19(7-6-13-12(17(19)25)4-5-15(20)23-13)16-18-22-10-14(11-2-3-11)24(18)9-8-21-16/h4-5,8-11H,2-3,6-7H2,1H3. The Morgan fingerprint density at radius 3 is 2.92 bits per heavy atom. The molecule has 0 bridgehead atoms. The Morgan fingerprint density at radius 2 is 2.12 bits per heavy atom. The van der Waals surface area contributed by atoms with Crippen LogP contribution in [0.3, 0.4) is 0 Å². The fourth-order valence-corrected chi connectivity index (χ4v) is 4.05. The zero-order valence-corrected chi connectivity index (χ0v) is 14.6. The lowest BCUT2D eigenvalue weighted by molar-refractivity contribution is 0.0871. The lowest BCUT2D eigenvalue weighted by Crippen LogP contribution is -2.39. The summed E-state index contributed by atoms with van der Waals surface area (Å²) < 4.78 is 2.11. The number of pyridine rings is 1. The third-order valence-electron chi connectivity index (χ3n) is 5.52. The molecule has 0 aliphatic heterocycles. The monoisotopic (exact) mass is 352 g/mol. The van der Waals surface area contributed by atoms with Crippen molar-refractivity contribution in [2.45, 2.75) is 43.9 Å². The van der Waals surface area contributed by atoms with E-state index in [-0.39, 0.29) is 5.78 Å². The number of carbonyl (C=O) groups excluding carboxylic acids is 1. The molecule has 2 aliphatic carbocycles. The second-order valence-electron chi connectivity index (χ2n) is 7.22. The molecule has 0 amide bonds. The Kier molecular flexibility index (Phi) is 3.07. The first kappa shape index (κ1) is 15.0. The number of fused-ring (bicyclic) bond motifs is 2. The van der Waals surface area contributed by atoms with Gasteiger partial charge in [-0.2, -0.15) is 0 Å². The first-order chi connectivity index (χ1) is 12.1. The van der Waals surface area contributed by atoms with Gasteiger partial charge in [-0.1, -0.05) is 11.6 Å². The van der Waals surface area contributed by atoms with Gasteiger partial charge >= 0.3 is 0 Å². The van der Waals surface area contributed by atoms with E-state index in [1.54, 1.807) is 18.3 Å². The number of nitrogens with zero attached hydrogens (tertiary/aromatic N) is 4. The molecule has 2 aliphatic rings. The van der Waals surface area contributed by atoms with Crippen LogP contribution in [0.4, 0.5) is 0 Å². The summed E-state index contributed by atoms with van der Waals surface area (Å²) in [7, 11) is 0. The molecule has 0 saturated heterocycles. The quantitative estimate of drug-likeness (QED) is 0.659. The molecule has 0 radical (unpaired) electrons. The van der Waals surface area contributed by atoms with Gasteiger partial charge in [-0.15, -0.1) is 0 Å². The van der Waals surface area contributed by atoms with Crippen LogP contribution in [0.25, 0.3) is 5.65 Å². The number of rotatable bonds is 2. The van der Waals surface area contributed by atoms with Gasteiger partial charge in [0.15, 0.2) is 11.4 Å². The third-order valence-corrected chi connectivity index (χ3v) is 5.73. The van der Waals surface area contributed by atoms with Crippen LogP contribution in [-0.4, -0.2) is 25.1 Å². The minimum atomic E-state index is -0.697. The van der Waals surface area contributed by atoms with E-state index < -0.39 is 5.41 Å². The van der Waals surface area contributed by atoms with Gasteiger partial charge in [0, 0.05) is 35.8 Å². The summed E-state index contributed by atoms with van der Waals surface area (Å²) in [6, 6.07) is 3.46. The first-order valence-corrected chi connectivity index (χ1v) is 8.98. The normalized spacial score (nSPS) is 23.0. The van der Waals surface area contributed by atoms with E-state index >= 15 is 0 Å². The number of imidazole rings is 1. The van der Waals surface area contributed by atoms with Gasteiger partial charge in [0.2, 0.25) is 0 Å². The fourth-order valence-electron chi connectivity index (χ4n) is 3.89. The van der Waals surface area contributed by atoms with E-state index in [4.69, 9.17) is 11.6 Å². The van der Waals surface area contributed by atoms with Crippen molar-refractivity contribution in [1.82, 2.24) is 19.4 Å². The minimum absolute atomic E-state index is 0.0505. The molecule has 1 saturated carbocycles. The summed E-state index contributed by atoms with van der Waals surface area (Å²) in [4.78, 5) is 26.8. The lowest BCUT2D eigenvalue weighted by Gasteiger charge is -2.32. The van der Waals surface area contributed by atoms with Gasteiger partial charge in [-0.3, -0.25) is 9.78 Å². The molecule has 1 unspecified atom stereocenters. The zero-order chi connectivity index (χ0) is 17.2. The van der Waals surface area contributed by atoms with Gasteiger partial charge in [-0.25, -0.2) is 9.97 Å². The average molecular weight is 353 g/mol. The fraction of sp³-hybridized carbons (Fsp3) is 0.368. The predicted octanol–water partition coefficient (Wildman–Crippen LogP) is 3.74. The van der Waals surface area contributed by atoms with Crippen LogP contribution in [0, 0.1) is 0 Å². The number of Topliss-reactive ketones (excluding diaryl/α,β-unsaturated/α-hetero) is 1. The van der Waals surface area contributed by atoms with Crippen LogP contribution in [0.2, 0.25) is 5.15 Å². The Morgan fingerprint density at radius 1 is 1.28 bits per heavy atom. The van der Waals surface area contributed by atoms with Crippen LogP contribution < -0.4 is 0 Å². The van der Waals surface area contributed by atoms with Gasteiger partial charge in [0.1, 0.15) is 5.15 Å². The van der Waals surface area contributed by atoms with Crippen molar-refractivity contribution in [2.75, 3.05) is 0 Å². The summed E-state index contributed by atoms with van der Waals surface area (Å²) in [5.74, 6) is 0.640. The highest BCUT2D eigenvalue weighted by atomic mass is 35.5. The summed E-state index contributed by atoms with van der Waals surface area (Å²) >= 11 is 5.98. The number of ketones is 1. The Labute approximate surface area is 150 Å². The van der Waals surface area contributed by atoms with E-state index in [0.717, 1.165) is 17.0 Å². The molecule has 0 N–H and O–H groups in total. The van der Waals surface area contributed by atoms with Gasteiger partial charge < -0.3 is 4.40 Å². The molecule has 1 atom stereocenters. The molecule has 1 fully saturated rings. The molecular weight excluding hydrogens is 336 g/mol. The number of halogens is 1. The van der Waals surface area contributed by atoms with Crippen molar-refractivity contribution < 1.29 is 4.79 Å². The van der Waals surface area contributed by atoms with Crippen LogP contribution in [-0.2, 0) is 11.8 Å². The first-order valence-electron chi connectivity index (χ1n) is 8.60. The second kappa shape index (κ2) is 5.11. The highest BCUT2D eigenvalue weighted by Crippen LogP contribution is 2.42. The zero-order valence-electron chi connectivity index (χ0n) is 13.9. The average Bonchev–Trinajstić information content (AvgIpc) is 3.37. The van der Waals surface area contributed by atoms with E-state index in [2.05, 4.69) is 19.4 Å². The molecule has 126 valence electrons. The van der Waals surface area contributed by atoms with Crippen molar-refractivity contribution in [2.24, 2.45) is 0 Å². The summed E-state index contributed by atoms with van der Waals surface area (Å²) in [5, 5.41) is 0.428. The molecule has 3 heterocycles. The summed E-state index contributed by atoms with van der Waals surface area (Å²) in [5.41, 5.74) is 3.51. The van der Waals surface area contributed by atoms with Crippen LogP contribution in [0.5, 0.6) is 0 Å². The maximum absolute atomic E-state index is 13.3. The Bertz CT molecular complexity index is 1020. The Balaban J connectivity index is 1.66. The largest absolute Gasteiger partial charge is 0.301 e. The van der Waals surface area contributed by atoms with Crippen molar-refractivity contribution in [3.63, 3.8) is 0 Å². The third kappa shape index (κ3) is 2.15. The molecule has 5 rings (SSSR count). The highest BCUT2D eigenvalue weighted by molar-refractivity contribution is 6.29. The number of hydrogen-bond acceptors (Lipinski definition) is 4. The number of aromatic nitrogens is 4. The van der Waals surface area contributed by atoms with Crippen LogP contribution >= 0.6 is 11.6 Å². The van der Waals surface area contributed by atoms with Crippen molar-refractivity contribution in [3.05, 3.63) is 58.5 Å². The van der Waals surface area contributed by atoms with E-state index in [1.807, 2.05) is 19.3 Å². The Hall–Kier alpha value is -2.27. The van der Waals surface area contributed by atoms with Crippen LogP contribution in [0.15, 0.2) is 30.7 Å². The molecule has 6 heteroatoms. The van der Waals surface area contributed by atoms with Crippen molar-refractivity contribution in [1.29, 1.82) is 0 Å². The molecule has 0 spiro atoms. The summed E-state index contributed by atoms with van der Waals surface area (Å²) in [6.45, 7) is 1.97. The van der Waals surface area contributed by atoms with Crippen molar-refractivity contribution in [3.8, 4) is 0 Å². The maximum Gasteiger partial charge on any atom is 0.176 e. The maximum atomic E-state index is 13.3. The molecular formula is C19H17ClN4O. The molecule has 25 heavy (non-hydrogen) atoms. The SMILES string of the molecule is CC1(c2nccn3c(C4CC4)cnc23)CCc2nc(Cl)ccc2C1=O. The smallest absolute Gasteiger partial charge is 0.176 e. The molecule has 0 aromatic carbocycles. The van der Waals surface area contributed by atoms with E-state index in [9.17, 15) is 4.79 Å². The molecule has 3 aromatic rings. The highest BCUT2D eigenvalue weighted by Gasteiger charge is 2.43. The molecule has 5 nitrogen and oxygen atoms in total. The van der Waals surface area contributed by atoms with Crippen LogP contribution in [0.1, 0.15) is 59.5 Å². The van der Waals surface area contributed by atoms with E-state index in [0.29, 0.717) is 29.5 Å². The minimum Gasteiger partial charge on any atom is -0.301 e. The van der Waals surface area contributed by atoms with Gasteiger partial charge in [0.05, 0.1) is 16.8 Å². The van der Waals surface area contributed by atoms with Crippen molar-refractivity contribution >= 4 is 23.0 Å². The number of carbonyl (C=O) groups is 1. The summed E-state index contributed by atoms with van der Waals surface area (Å²) in [6.07, 6.45) is 9.45.